The van der Waals surface area contributed by atoms with Crippen LogP contribution in [0.3, 0.4) is 0 Å². The minimum absolute atomic E-state index is 0.0194. The highest BCUT2D eigenvalue weighted by Crippen LogP contribution is 2.60. The number of nitrogens with zero attached hydrogens (tertiary/aromatic N) is 2. The standard InChI is InChI=1S/C71H60N2/c1-7-71(6)46-50-26-17-18-29-55(50)57-40-38-54(43-65(57)71)73(51-27-15-10-16-28-51)67-33-21-31-61-68(67)60-45-63-59(44-64(60)69(61,2)3)58-41-39-53(42-62(58)70(63,4)5)72(52-36-34-48(35-37-52)47-22-11-8-12-23-47)66-32-20-19-30-56(66)49-24-13-9-14-25-49/h8-45H,7,46H2,1-6H3. The predicted molar refractivity (Wildman–Crippen MR) is 309 cm³/mol. The second-order valence-corrected chi connectivity index (χ2v) is 21.9. The van der Waals surface area contributed by atoms with Crippen LogP contribution in [0, 0.1) is 0 Å². The molecule has 0 saturated carbocycles. The fourth-order valence-electron chi connectivity index (χ4n) is 12.9. The molecule has 0 radical (unpaired) electrons. The molecule has 1 atom stereocenters. The smallest absolute Gasteiger partial charge is 0.0543 e. The minimum Gasteiger partial charge on any atom is -0.310 e. The van der Waals surface area contributed by atoms with E-state index in [1.165, 1.54) is 100 Å². The lowest BCUT2D eigenvalue weighted by molar-refractivity contribution is 0.448. The number of para-hydroxylation sites is 2. The molecular formula is C71H60N2. The Hall–Kier alpha value is -8.20. The summed E-state index contributed by atoms with van der Waals surface area (Å²) in [4.78, 5) is 5.00. The van der Waals surface area contributed by atoms with Crippen molar-refractivity contribution in [2.24, 2.45) is 0 Å². The summed E-state index contributed by atoms with van der Waals surface area (Å²) in [5.41, 5.74) is 27.7. The van der Waals surface area contributed by atoms with Crippen molar-refractivity contribution in [1.29, 1.82) is 0 Å². The zero-order valence-corrected chi connectivity index (χ0v) is 42.7. The van der Waals surface area contributed by atoms with E-state index in [9.17, 15) is 0 Å². The van der Waals surface area contributed by atoms with Gasteiger partial charge in [0.05, 0.1) is 11.4 Å². The molecule has 0 amide bonds. The highest BCUT2D eigenvalue weighted by atomic mass is 15.2. The number of fused-ring (bicyclic) bond motifs is 9. The van der Waals surface area contributed by atoms with Crippen LogP contribution in [0.5, 0.6) is 0 Å². The first-order chi connectivity index (χ1) is 35.5. The van der Waals surface area contributed by atoms with Crippen LogP contribution in [-0.4, -0.2) is 0 Å². The van der Waals surface area contributed by atoms with E-state index >= 15 is 0 Å². The molecule has 0 aliphatic heterocycles. The Morgan fingerprint density at radius 2 is 0.808 bits per heavy atom. The quantitative estimate of drug-likeness (QED) is 0.142. The van der Waals surface area contributed by atoms with E-state index in [1.54, 1.807) is 0 Å². The van der Waals surface area contributed by atoms with E-state index in [2.05, 4.69) is 282 Å². The summed E-state index contributed by atoms with van der Waals surface area (Å²) in [7, 11) is 0. The molecule has 0 saturated heterocycles. The monoisotopic (exact) mass is 940 g/mol. The SMILES string of the molecule is CCC1(C)Cc2ccccc2-c2ccc(N(c3ccccc3)c3cccc4c3-c3cc5c(cc3C4(C)C)-c3ccc(N(c4ccc(-c6ccccc6)cc4)c4ccccc4-c4ccccc4)cc3C5(C)C)cc21. The molecule has 0 spiro atoms. The Morgan fingerprint density at radius 3 is 1.51 bits per heavy atom. The van der Waals surface area contributed by atoms with Crippen molar-refractivity contribution in [2.45, 2.75) is 70.6 Å². The van der Waals surface area contributed by atoms with Crippen molar-refractivity contribution in [1.82, 2.24) is 0 Å². The van der Waals surface area contributed by atoms with E-state index < -0.39 is 0 Å². The first-order valence-corrected chi connectivity index (χ1v) is 26.2. The molecule has 10 aromatic carbocycles. The lowest BCUT2D eigenvalue weighted by Crippen LogP contribution is -2.29. The van der Waals surface area contributed by atoms with Gasteiger partial charge < -0.3 is 9.80 Å². The molecule has 0 heterocycles. The average Bonchev–Trinajstić information content (AvgIpc) is 3.80. The zero-order valence-electron chi connectivity index (χ0n) is 42.7. The summed E-state index contributed by atoms with van der Waals surface area (Å²) in [6.45, 7) is 14.5. The van der Waals surface area contributed by atoms with Crippen LogP contribution in [0.15, 0.2) is 231 Å². The van der Waals surface area contributed by atoms with Crippen molar-refractivity contribution < 1.29 is 0 Å². The molecule has 0 bridgehead atoms. The van der Waals surface area contributed by atoms with Crippen LogP contribution in [0.25, 0.3) is 55.6 Å². The van der Waals surface area contributed by atoms with Crippen molar-refractivity contribution >= 4 is 34.1 Å². The molecule has 2 heteroatoms. The summed E-state index contributed by atoms with van der Waals surface area (Å²) >= 11 is 0. The van der Waals surface area contributed by atoms with Crippen LogP contribution >= 0.6 is 0 Å². The Bertz CT molecular complexity index is 3750. The number of benzene rings is 10. The van der Waals surface area contributed by atoms with Crippen LogP contribution in [0.2, 0.25) is 0 Å². The van der Waals surface area contributed by atoms with Gasteiger partial charge in [0.15, 0.2) is 0 Å². The van der Waals surface area contributed by atoms with Gasteiger partial charge in [-0.15, -0.1) is 0 Å². The Morgan fingerprint density at radius 1 is 0.329 bits per heavy atom. The summed E-state index contributed by atoms with van der Waals surface area (Å²) < 4.78 is 0. The maximum absolute atomic E-state index is 2.58. The van der Waals surface area contributed by atoms with Gasteiger partial charge in [-0.1, -0.05) is 199 Å². The lowest BCUT2D eigenvalue weighted by atomic mass is 9.67. The fraction of sp³-hybridized carbons (Fsp3) is 0.155. The summed E-state index contributed by atoms with van der Waals surface area (Å²) in [6.07, 6.45) is 2.10. The third-order valence-corrected chi connectivity index (χ3v) is 17.0. The van der Waals surface area contributed by atoms with E-state index in [-0.39, 0.29) is 16.2 Å². The van der Waals surface area contributed by atoms with Gasteiger partial charge in [0.2, 0.25) is 0 Å². The van der Waals surface area contributed by atoms with Crippen molar-refractivity contribution in [3.05, 3.63) is 264 Å². The van der Waals surface area contributed by atoms with Gasteiger partial charge in [-0.2, -0.15) is 0 Å². The highest BCUT2D eigenvalue weighted by Gasteiger charge is 2.44. The van der Waals surface area contributed by atoms with Crippen molar-refractivity contribution in [2.75, 3.05) is 9.80 Å². The van der Waals surface area contributed by atoms with Crippen LogP contribution in [0.4, 0.5) is 34.1 Å². The second kappa shape index (κ2) is 17.0. The fourth-order valence-corrected chi connectivity index (χ4v) is 12.9. The molecule has 73 heavy (non-hydrogen) atoms. The number of rotatable bonds is 9. The van der Waals surface area contributed by atoms with Gasteiger partial charge in [-0.3, -0.25) is 0 Å². The van der Waals surface area contributed by atoms with E-state index in [0.29, 0.717) is 0 Å². The van der Waals surface area contributed by atoms with Gasteiger partial charge in [-0.05, 0) is 169 Å². The van der Waals surface area contributed by atoms with Crippen LogP contribution < -0.4 is 9.80 Å². The molecule has 3 aliphatic rings. The minimum atomic E-state index is -0.280. The first-order valence-electron chi connectivity index (χ1n) is 26.2. The topological polar surface area (TPSA) is 6.48 Å². The molecule has 0 N–H and O–H groups in total. The molecule has 0 fully saturated rings. The summed E-state index contributed by atoms with van der Waals surface area (Å²) in [5, 5.41) is 0. The predicted octanol–water partition coefficient (Wildman–Crippen LogP) is 19.5. The Labute approximate surface area is 431 Å². The first kappa shape index (κ1) is 44.7. The normalized spacial score (nSPS) is 16.1. The molecule has 3 aliphatic carbocycles. The molecular weight excluding hydrogens is 881 g/mol. The summed E-state index contributed by atoms with van der Waals surface area (Å²) in [6, 6.07) is 86.1. The third-order valence-electron chi connectivity index (χ3n) is 17.0. The Balaban J connectivity index is 0.952. The molecule has 13 rings (SSSR count). The van der Waals surface area contributed by atoms with Crippen LogP contribution in [0.1, 0.15) is 81.3 Å². The maximum Gasteiger partial charge on any atom is 0.0543 e. The molecule has 10 aromatic rings. The third kappa shape index (κ3) is 7.06. The number of hydrogen-bond donors (Lipinski definition) is 0. The van der Waals surface area contributed by atoms with E-state index in [0.717, 1.165) is 35.6 Å². The van der Waals surface area contributed by atoms with Gasteiger partial charge >= 0.3 is 0 Å². The summed E-state index contributed by atoms with van der Waals surface area (Å²) in [5.74, 6) is 0. The zero-order chi connectivity index (χ0) is 49.6. The van der Waals surface area contributed by atoms with Gasteiger partial charge in [-0.25, -0.2) is 0 Å². The average molecular weight is 941 g/mol. The maximum atomic E-state index is 2.58. The van der Waals surface area contributed by atoms with Crippen molar-refractivity contribution in [3.63, 3.8) is 0 Å². The van der Waals surface area contributed by atoms with E-state index in [4.69, 9.17) is 0 Å². The largest absolute Gasteiger partial charge is 0.310 e. The molecule has 0 aromatic heterocycles. The van der Waals surface area contributed by atoms with E-state index in [1.807, 2.05) is 0 Å². The molecule has 1 unspecified atom stereocenters. The molecule has 2 nitrogen and oxygen atoms in total. The van der Waals surface area contributed by atoms with Gasteiger partial charge in [0.25, 0.3) is 0 Å². The molecule has 354 valence electrons. The number of hydrogen-bond acceptors (Lipinski definition) is 2. The highest BCUT2D eigenvalue weighted by molar-refractivity contribution is 5.99. The lowest BCUT2D eigenvalue weighted by Gasteiger charge is -2.38. The second-order valence-electron chi connectivity index (χ2n) is 21.9. The van der Waals surface area contributed by atoms with Crippen LogP contribution in [-0.2, 0) is 22.7 Å². The van der Waals surface area contributed by atoms with Crippen molar-refractivity contribution in [3.8, 4) is 55.6 Å². The Kier molecular flexibility index (Phi) is 10.4. The van der Waals surface area contributed by atoms with Gasteiger partial charge in [0, 0.05) is 44.7 Å². The van der Waals surface area contributed by atoms with Gasteiger partial charge in [0.1, 0.15) is 0 Å². The number of anilines is 6.